The van der Waals surface area contributed by atoms with E-state index in [1.807, 2.05) is 11.3 Å². The Kier molecular flexibility index (Phi) is 7.45. The van der Waals surface area contributed by atoms with Crippen LogP contribution >= 0.6 is 11.3 Å². The van der Waals surface area contributed by atoms with Crippen LogP contribution in [0.2, 0.25) is 0 Å². The number of nitrogens with zero attached hydrogens (tertiary/aromatic N) is 1. The summed E-state index contributed by atoms with van der Waals surface area (Å²) < 4.78 is 0. The van der Waals surface area contributed by atoms with E-state index in [-0.39, 0.29) is 0 Å². The summed E-state index contributed by atoms with van der Waals surface area (Å²) in [6.07, 6.45) is 7.20. The van der Waals surface area contributed by atoms with Gasteiger partial charge in [-0.2, -0.15) is 0 Å². The summed E-state index contributed by atoms with van der Waals surface area (Å²) in [5.74, 6) is 0. The normalized spacial score (nSPS) is 11.0. The average Bonchev–Trinajstić information content (AvgIpc) is 2.70. The fourth-order valence-corrected chi connectivity index (χ4v) is 2.95. The first-order valence-corrected chi connectivity index (χ1v) is 7.81. The van der Waals surface area contributed by atoms with Gasteiger partial charge in [0.1, 0.15) is 0 Å². The zero-order valence-corrected chi connectivity index (χ0v) is 12.3. The molecule has 1 heterocycles. The summed E-state index contributed by atoms with van der Waals surface area (Å²) in [5.41, 5.74) is 1.34. The number of aryl methyl sites for hydroxylation is 2. The van der Waals surface area contributed by atoms with Crippen molar-refractivity contribution in [1.82, 2.24) is 10.3 Å². The van der Waals surface area contributed by atoms with Crippen LogP contribution < -0.4 is 5.32 Å². The first kappa shape index (κ1) is 14.7. The van der Waals surface area contributed by atoms with Crippen molar-refractivity contribution in [3.8, 4) is 0 Å². The van der Waals surface area contributed by atoms with E-state index >= 15 is 0 Å². The third-order valence-corrected chi connectivity index (χ3v) is 3.92. The molecule has 1 rings (SSSR count). The van der Waals surface area contributed by atoms with Crippen molar-refractivity contribution >= 4 is 11.3 Å². The molecule has 1 N–H and O–H groups in total. The monoisotopic (exact) mass is 254 g/mol. The standard InChI is InChI=1S/C14H26N2S/c1-4-7-9-14-16-12(8-5-2)13(17-14)11-15-10-6-3/h15H,4-11H2,1-3H3. The lowest BCUT2D eigenvalue weighted by atomic mass is 10.2. The molecule has 0 aliphatic heterocycles. The molecule has 0 atom stereocenters. The first-order valence-electron chi connectivity index (χ1n) is 6.99. The Morgan fingerprint density at radius 2 is 1.88 bits per heavy atom. The molecule has 1 aromatic heterocycles. The second kappa shape index (κ2) is 8.65. The van der Waals surface area contributed by atoms with E-state index in [0.717, 1.165) is 25.9 Å². The van der Waals surface area contributed by atoms with E-state index in [0.29, 0.717) is 0 Å². The van der Waals surface area contributed by atoms with Crippen molar-refractivity contribution in [3.63, 3.8) is 0 Å². The van der Waals surface area contributed by atoms with Gasteiger partial charge < -0.3 is 5.32 Å². The smallest absolute Gasteiger partial charge is 0.0931 e. The van der Waals surface area contributed by atoms with Gasteiger partial charge in [0.15, 0.2) is 0 Å². The Hall–Kier alpha value is -0.410. The number of hydrogen-bond donors (Lipinski definition) is 1. The Bertz CT molecular complexity index is 307. The molecule has 0 radical (unpaired) electrons. The molecule has 1 aromatic rings. The number of hydrogen-bond acceptors (Lipinski definition) is 3. The maximum Gasteiger partial charge on any atom is 0.0931 e. The fourth-order valence-electron chi connectivity index (χ4n) is 1.82. The summed E-state index contributed by atoms with van der Waals surface area (Å²) in [5, 5.41) is 4.83. The number of aromatic nitrogens is 1. The maximum atomic E-state index is 4.79. The molecule has 0 bridgehead atoms. The summed E-state index contributed by atoms with van der Waals surface area (Å²) in [6.45, 7) is 8.79. The predicted molar refractivity (Wildman–Crippen MR) is 76.7 cm³/mol. The average molecular weight is 254 g/mol. The minimum absolute atomic E-state index is 1.01. The summed E-state index contributed by atoms with van der Waals surface area (Å²) in [6, 6.07) is 0. The molecule has 0 saturated carbocycles. The zero-order valence-electron chi connectivity index (χ0n) is 11.5. The highest BCUT2D eigenvalue weighted by molar-refractivity contribution is 7.11. The lowest BCUT2D eigenvalue weighted by molar-refractivity contribution is 0.674. The van der Waals surface area contributed by atoms with Gasteiger partial charge in [-0.25, -0.2) is 4.98 Å². The van der Waals surface area contributed by atoms with E-state index < -0.39 is 0 Å². The van der Waals surface area contributed by atoms with Crippen LogP contribution in [0.3, 0.4) is 0 Å². The van der Waals surface area contributed by atoms with Gasteiger partial charge in [0, 0.05) is 11.4 Å². The molecular weight excluding hydrogens is 228 g/mol. The van der Waals surface area contributed by atoms with E-state index in [1.165, 1.54) is 41.3 Å². The molecule has 3 heteroatoms. The van der Waals surface area contributed by atoms with Crippen molar-refractivity contribution in [2.24, 2.45) is 0 Å². The SMILES string of the molecule is CCCCc1nc(CCC)c(CNCCC)s1. The minimum Gasteiger partial charge on any atom is -0.312 e. The highest BCUT2D eigenvalue weighted by Gasteiger charge is 2.09. The van der Waals surface area contributed by atoms with Gasteiger partial charge in [0.2, 0.25) is 0 Å². The van der Waals surface area contributed by atoms with Crippen LogP contribution in [-0.4, -0.2) is 11.5 Å². The largest absolute Gasteiger partial charge is 0.312 e. The van der Waals surface area contributed by atoms with Crippen LogP contribution in [0.15, 0.2) is 0 Å². The van der Waals surface area contributed by atoms with Crippen molar-refractivity contribution in [2.45, 2.75) is 65.8 Å². The van der Waals surface area contributed by atoms with Crippen LogP contribution in [0.4, 0.5) is 0 Å². The van der Waals surface area contributed by atoms with Gasteiger partial charge >= 0.3 is 0 Å². The second-order valence-electron chi connectivity index (χ2n) is 4.51. The Labute approximate surface area is 110 Å². The quantitative estimate of drug-likeness (QED) is 0.675. The van der Waals surface area contributed by atoms with Crippen molar-refractivity contribution in [1.29, 1.82) is 0 Å². The van der Waals surface area contributed by atoms with Crippen LogP contribution in [0.5, 0.6) is 0 Å². The highest BCUT2D eigenvalue weighted by Crippen LogP contribution is 2.21. The third-order valence-electron chi connectivity index (χ3n) is 2.77. The zero-order chi connectivity index (χ0) is 12.5. The molecule has 0 saturated heterocycles. The van der Waals surface area contributed by atoms with Gasteiger partial charge in [-0.15, -0.1) is 11.3 Å². The van der Waals surface area contributed by atoms with Crippen molar-refractivity contribution < 1.29 is 0 Å². The van der Waals surface area contributed by atoms with Gasteiger partial charge in [-0.1, -0.05) is 33.6 Å². The third kappa shape index (κ3) is 5.17. The molecule has 0 aromatic carbocycles. The first-order chi connectivity index (χ1) is 8.31. The summed E-state index contributed by atoms with van der Waals surface area (Å²) in [4.78, 5) is 6.26. The molecule has 98 valence electrons. The highest BCUT2D eigenvalue weighted by atomic mass is 32.1. The van der Waals surface area contributed by atoms with E-state index in [4.69, 9.17) is 4.98 Å². The van der Waals surface area contributed by atoms with E-state index in [2.05, 4.69) is 26.1 Å². The maximum absolute atomic E-state index is 4.79. The molecular formula is C14H26N2S. The summed E-state index contributed by atoms with van der Waals surface area (Å²) >= 11 is 1.92. The lowest BCUT2D eigenvalue weighted by Crippen LogP contribution is -2.13. The van der Waals surface area contributed by atoms with Crippen LogP contribution in [0.25, 0.3) is 0 Å². The van der Waals surface area contributed by atoms with Gasteiger partial charge in [0.05, 0.1) is 10.7 Å². The molecule has 0 fully saturated rings. The second-order valence-corrected chi connectivity index (χ2v) is 5.68. The number of thiazole rings is 1. The predicted octanol–water partition coefficient (Wildman–Crippen LogP) is 3.94. The Morgan fingerprint density at radius 1 is 1.06 bits per heavy atom. The van der Waals surface area contributed by atoms with Gasteiger partial charge in [-0.05, 0) is 32.2 Å². The number of unbranched alkanes of at least 4 members (excludes halogenated alkanes) is 1. The molecule has 2 nitrogen and oxygen atoms in total. The lowest BCUT2D eigenvalue weighted by Gasteiger charge is -2.02. The molecule has 0 aliphatic rings. The number of rotatable bonds is 9. The van der Waals surface area contributed by atoms with Crippen LogP contribution in [-0.2, 0) is 19.4 Å². The topological polar surface area (TPSA) is 24.9 Å². The Balaban J connectivity index is 2.60. The van der Waals surface area contributed by atoms with Crippen LogP contribution in [0, 0.1) is 0 Å². The fraction of sp³-hybridized carbons (Fsp3) is 0.786. The molecule has 0 amide bonds. The van der Waals surface area contributed by atoms with Crippen LogP contribution in [0.1, 0.15) is 62.0 Å². The molecule has 0 aliphatic carbocycles. The summed E-state index contributed by atoms with van der Waals surface area (Å²) in [7, 11) is 0. The van der Waals surface area contributed by atoms with E-state index in [9.17, 15) is 0 Å². The van der Waals surface area contributed by atoms with Gasteiger partial charge in [-0.3, -0.25) is 0 Å². The molecule has 17 heavy (non-hydrogen) atoms. The molecule has 0 spiro atoms. The van der Waals surface area contributed by atoms with Crippen molar-refractivity contribution in [3.05, 3.63) is 15.6 Å². The van der Waals surface area contributed by atoms with Crippen molar-refractivity contribution in [2.75, 3.05) is 6.54 Å². The van der Waals surface area contributed by atoms with E-state index in [1.54, 1.807) is 0 Å². The van der Waals surface area contributed by atoms with Gasteiger partial charge in [0.25, 0.3) is 0 Å². The Morgan fingerprint density at radius 3 is 2.53 bits per heavy atom. The molecule has 0 unspecified atom stereocenters. The number of nitrogens with one attached hydrogen (secondary N) is 1. The minimum atomic E-state index is 1.01.